The molecule has 1 unspecified atom stereocenters. The van der Waals surface area contributed by atoms with Gasteiger partial charge in [0.25, 0.3) is 0 Å². The Balaban J connectivity index is 1.43. The second-order valence-corrected chi connectivity index (χ2v) is 11.7. The monoisotopic (exact) mass is 461 g/mol. The highest BCUT2D eigenvalue weighted by Gasteiger charge is 2.60. The number of carbonyl (C=O) groups excluding carboxylic acids is 2. The molecule has 0 aliphatic heterocycles. The molecule has 1 aromatic rings. The van der Waals surface area contributed by atoms with Crippen LogP contribution in [0.1, 0.15) is 92.0 Å². The number of fused-ring (bicyclic) bond motifs is 2. The third-order valence-electron chi connectivity index (χ3n) is 7.70. The minimum absolute atomic E-state index is 0.000657. The van der Waals surface area contributed by atoms with E-state index >= 15 is 0 Å². The van der Waals surface area contributed by atoms with Gasteiger partial charge in [0.05, 0.1) is 23.5 Å². The van der Waals surface area contributed by atoms with E-state index < -0.39 is 0 Å². The van der Waals surface area contributed by atoms with E-state index in [0.29, 0.717) is 37.8 Å². The summed E-state index contributed by atoms with van der Waals surface area (Å²) in [5.74, 6) is 0.957. The maximum absolute atomic E-state index is 12.2. The van der Waals surface area contributed by atoms with Crippen LogP contribution >= 0.6 is 0 Å². The van der Waals surface area contributed by atoms with Gasteiger partial charge in [0, 0.05) is 24.4 Å². The topological polar surface area (TPSA) is 98.1 Å². The van der Waals surface area contributed by atoms with E-state index in [-0.39, 0.29) is 28.5 Å². The van der Waals surface area contributed by atoms with Gasteiger partial charge in [-0.25, -0.2) is 9.48 Å². The smallest absolute Gasteiger partial charge is 0.407 e. The number of aryl methyl sites for hydroxylation is 1. The van der Waals surface area contributed by atoms with Crippen LogP contribution in [0.2, 0.25) is 0 Å². The molecule has 2 N–H and O–H groups in total. The van der Waals surface area contributed by atoms with Crippen LogP contribution in [0.15, 0.2) is 0 Å². The zero-order valence-corrected chi connectivity index (χ0v) is 21.6. The largest absolute Gasteiger partial charge is 0.449 e. The quantitative estimate of drug-likeness (QED) is 0.571. The zero-order chi connectivity index (χ0) is 24.4. The predicted octanol–water partition coefficient (Wildman–Crippen LogP) is 3.98. The number of hydrogen-bond donors (Lipinski definition) is 2. The summed E-state index contributed by atoms with van der Waals surface area (Å²) in [7, 11) is 0. The van der Waals surface area contributed by atoms with Crippen molar-refractivity contribution < 1.29 is 14.3 Å². The Kier molecular flexibility index (Phi) is 7.44. The van der Waals surface area contributed by atoms with E-state index in [1.54, 1.807) is 0 Å². The van der Waals surface area contributed by atoms with Gasteiger partial charge in [0.2, 0.25) is 5.91 Å². The zero-order valence-electron chi connectivity index (χ0n) is 21.6. The molecule has 3 atom stereocenters. The van der Waals surface area contributed by atoms with Crippen molar-refractivity contribution in [3.05, 3.63) is 11.4 Å². The standard InChI is InChI=1S/C25H43N5O3/c1-8-24(5,6)30-20-12-11-17-18(25(17,7)14-13-19(20)28-29-30)16-33-22(32)26-15-9-10-21(31)27-23(2,3)4/h17-18H,8-16H2,1-7H3,(H,26,32)(H,27,31)/t17-,18?,25-/m1/s1. The van der Waals surface area contributed by atoms with Crippen molar-refractivity contribution in [1.29, 1.82) is 0 Å². The number of hydrogen-bond acceptors (Lipinski definition) is 5. The van der Waals surface area contributed by atoms with Crippen LogP contribution in [-0.2, 0) is 27.9 Å². The minimum atomic E-state index is -0.389. The van der Waals surface area contributed by atoms with Gasteiger partial charge in [-0.3, -0.25) is 4.79 Å². The molecule has 0 aromatic carbocycles. The molecule has 1 saturated carbocycles. The molecule has 1 fully saturated rings. The molecule has 186 valence electrons. The van der Waals surface area contributed by atoms with Gasteiger partial charge in [0.1, 0.15) is 0 Å². The summed E-state index contributed by atoms with van der Waals surface area (Å²) in [5.41, 5.74) is 2.36. The summed E-state index contributed by atoms with van der Waals surface area (Å²) >= 11 is 0. The molecule has 3 rings (SSSR count). The molecular weight excluding hydrogens is 418 g/mol. The fourth-order valence-corrected chi connectivity index (χ4v) is 5.20. The first kappa shape index (κ1) is 25.5. The molecule has 1 heterocycles. The normalized spacial score (nSPS) is 24.7. The summed E-state index contributed by atoms with van der Waals surface area (Å²) in [6.45, 7) is 15.7. The van der Waals surface area contributed by atoms with Gasteiger partial charge in [-0.2, -0.15) is 0 Å². The highest BCUT2D eigenvalue weighted by atomic mass is 16.5. The summed E-state index contributed by atoms with van der Waals surface area (Å²) in [6, 6.07) is 0. The highest BCUT2D eigenvalue weighted by Crippen LogP contribution is 2.63. The van der Waals surface area contributed by atoms with Crippen LogP contribution in [0.4, 0.5) is 4.79 Å². The Morgan fingerprint density at radius 1 is 1.21 bits per heavy atom. The Hall–Kier alpha value is -2.12. The van der Waals surface area contributed by atoms with E-state index in [0.717, 1.165) is 37.8 Å². The maximum Gasteiger partial charge on any atom is 0.407 e. The van der Waals surface area contributed by atoms with Gasteiger partial charge in [-0.1, -0.05) is 19.1 Å². The van der Waals surface area contributed by atoms with Gasteiger partial charge < -0.3 is 15.4 Å². The SMILES string of the molecule is CCC(C)(C)n1nnc2c1CC[C@@H]1C(COC(=O)NCCCC(=O)NC(C)(C)C)[C@]1(C)CC2. The summed E-state index contributed by atoms with van der Waals surface area (Å²) < 4.78 is 7.70. The van der Waals surface area contributed by atoms with Crippen LogP contribution in [0.25, 0.3) is 0 Å². The molecule has 2 aliphatic carbocycles. The van der Waals surface area contributed by atoms with Crippen LogP contribution in [-0.4, -0.2) is 45.7 Å². The minimum Gasteiger partial charge on any atom is -0.449 e. The van der Waals surface area contributed by atoms with E-state index in [1.807, 2.05) is 20.8 Å². The summed E-state index contributed by atoms with van der Waals surface area (Å²) in [6.07, 6.45) is 5.64. The van der Waals surface area contributed by atoms with Crippen molar-refractivity contribution in [2.24, 2.45) is 17.3 Å². The van der Waals surface area contributed by atoms with Crippen molar-refractivity contribution >= 4 is 12.0 Å². The lowest BCUT2D eigenvalue weighted by atomic mass is 9.91. The lowest BCUT2D eigenvalue weighted by molar-refractivity contribution is -0.122. The summed E-state index contributed by atoms with van der Waals surface area (Å²) in [5, 5.41) is 14.7. The first-order valence-electron chi connectivity index (χ1n) is 12.5. The molecule has 2 aliphatic rings. The van der Waals surface area contributed by atoms with Crippen molar-refractivity contribution in [3.63, 3.8) is 0 Å². The van der Waals surface area contributed by atoms with Crippen molar-refractivity contribution in [2.75, 3.05) is 13.2 Å². The van der Waals surface area contributed by atoms with E-state index in [1.165, 1.54) is 5.69 Å². The number of carbonyl (C=O) groups is 2. The molecule has 8 nitrogen and oxygen atoms in total. The van der Waals surface area contributed by atoms with Gasteiger partial charge in [-0.15, -0.1) is 5.10 Å². The summed E-state index contributed by atoms with van der Waals surface area (Å²) in [4.78, 5) is 24.0. The van der Waals surface area contributed by atoms with Crippen LogP contribution < -0.4 is 10.6 Å². The highest BCUT2D eigenvalue weighted by molar-refractivity contribution is 5.76. The Bertz CT molecular complexity index is 857. The van der Waals surface area contributed by atoms with E-state index in [9.17, 15) is 9.59 Å². The average molecular weight is 462 g/mol. The van der Waals surface area contributed by atoms with Gasteiger partial charge in [0.15, 0.2) is 0 Å². The van der Waals surface area contributed by atoms with Crippen LogP contribution in [0.3, 0.4) is 0 Å². The van der Waals surface area contributed by atoms with E-state index in [2.05, 4.69) is 53.3 Å². The molecular formula is C25H43N5O3. The van der Waals surface area contributed by atoms with E-state index in [4.69, 9.17) is 4.74 Å². The molecule has 0 radical (unpaired) electrons. The van der Waals surface area contributed by atoms with Crippen LogP contribution in [0.5, 0.6) is 0 Å². The first-order chi connectivity index (χ1) is 15.4. The lowest BCUT2D eigenvalue weighted by Crippen LogP contribution is -2.40. The van der Waals surface area contributed by atoms with Crippen molar-refractivity contribution in [1.82, 2.24) is 25.6 Å². The van der Waals surface area contributed by atoms with Gasteiger partial charge >= 0.3 is 6.09 Å². The third kappa shape index (κ3) is 6.07. The first-order valence-corrected chi connectivity index (χ1v) is 12.5. The Morgan fingerprint density at radius 3 is 2.61 bits per heavy atom. The van der Waals surface area contributed by atoms with Crippen molar-refractivity contribution in [2.45, 2.75) is 104 Å². The fourth-order valence-electron chi connectivity index (χ4n) is 5.20. The fraction of sp³-hybridized carbons (Fsp3) is 0.840. The Labute approximate surface area is 198 Å². The average Bonchev–Trinajstić information content (AvgIpc) is 3.04. The lowest BCUT2D eigenvalue weighted by Gasteiger charge is -2.26. The number of amides is 2. The molecule has 0 bridgehead atoms. The number of nitrogens with one attached hydrogen (secondary N) is 2. The number of ether oxygens (including phenoxy) is 1. The molecule has 1 aromatic heterocycles. The molecule has 0 saturated heterocycles. The van der Waals surface area contributed by atoms with Gasteiger partial charge in [-0.05, 0) is 84.5 Å². The number of nitrogens with zero attached hydrogens (tertiary/aromatic N) is 3. The number of alkyl carbamates (subject to hydrolysis) is 1. The number of aromatic nitrogens is 3. The Morgan fingerprint density at radius 2 is 1.94 bits per heavy atom. The predicted molar refractivity (Wildman–Crippen MR) is 128 cm³/mol. The second-order valence-electron chi connectivity index (χ2n) is 11.7. The van der Waals surface area contributed by atoms with Crippen LogP contribution in [0, 0.1) is 17.3 Å². The number of rotatable bonds is 8. The maximum atomic E-state index is 12.2. The second kappa shape index (κ2) is 9.63. The molecule has 33 heavy (non-hydrogen) atoms. The molecule has 8 heteroatoms. The third-order valence-corrected chi connectivity index (χ3v) is 7.70. The van der Waals surface area contributed by atoms with Crippen molar-refractivity contribution in [3.8, 4) is 0 Å². The molecule has 2 amide bonds. The molecule has 0 spiro atoms.